The summed E-state index contributed by atoms with van der Waals surface area (Å²) in [6.07, 6.45) is 0. The molecule has 0 saturated carbocycles. The molecule has 78 valence electrons. The van der Waals surface area contributed by atoms with Gasteiger partial charge in [0.15, 0.2) is 5.78 Å². The van der Waals surface area contributed by atoms with Crippen LogP contribution in [0.3, 0.4) is 0 Å². The molecule has 0 unspecified atom stereocenters. The first-order chi connectivity index (χ1) is 7.13. The van der Waals surface area contributed by atoms with Crippen molar-refractivity contribution in [3.63, 3.8) is 0 Å². The molecule has 0 aliphatic heterocycles. The van der Waals surface area contributed by atoms with E-state index in [2.05, 4.69) is 0 Å². The second kappa shape index (κ2) is 5.33. The number of nitriles is 1. The van der Waals surface area contributed by atoms with E-state index in [-0.39, 0.29) is 11.7 Å². The van der Waals surface area contributed by atoms with Crippen LogP contribution in [0, 0.1) is 14.9 Å². The summed E-state index contributed by atoms with van der Waals surface area (Å²) in [5, 5.41) is 8.82. The van der Waals surface area contributed by atoms with Crippen molar-refractivity contribution in [2.24, 2.45) is 0 Å². The van der Waals surface area contributed by atoms with Crippen molar-refractivity contribution < 1.29 is 9.53 Å². The zero-order chi connectivity index (χ0) is 11.4. The SMILES string of the molecule is COc1cc(C(=O)CCl)c(I)cc1C#N. The predicted molar refractivity (Wildman–Crippen MR) is 65.5 cm³/mol. The van der Waals surface area contributed by atoms with Crippen molar-refractivity contribution in [2.45, 2.75) is 0 Å². The van der Waals surface area contributed by atoms with Crippen LogP contribution in [0.25, 0.3) is 0 Å². The van der Waals surface area contributed by atoms with Gasteiger partial charge >= 0.3 is 0 Å². The van der Waals surface area contributed by atoms with Crippen LogP contribution in [-0.2, 0) is 0 Å². The van der Waals surface area contributed by atoms with E-state index in [0.29, 0.717) is 20.4 Å². The third-order valence-electron chi connectivity index (χ3n) is 1.83. The van der Waals surface area contributed by atoms with Gasteiger partial charge in [-0.25, -0.2) is 0 Å². The molecule has 0 saturated heterocycles. The first kappa shape index (κ1) is 12.3. The Morgan fingerprint density at radius 3 is 2.80 bits per heavy atom. The molecule has 0 spiro atoms. The quantitative estimate of drug-likeness (QED) is 0.485. The fourth-order valence-corrected chi connectivity index (χ4v) is 2.01. The average molecular weight is 336 g/mol. The van der Waals surface area contributed by atoms with E-state index in [4.69, 9.17) is 21.6 Å². The molecule has 0 aliphatic carbocycles. The number of methoxy groups -OCH3 is 1. The van der Waals surface area contributed by atoms with Crippen LogP contribution in [0.1, 0.15) is 15.9 Å². The summed E-state index contributed by atoms with van der Waals surface area (Å²) in [6, 6.07) is 5.15. The Balaban J connectivity index is 3.33. The maximum Gasteiger partial charge on any atom is 0.178 e. The van der Waals surface area contributed by atoms with Gasteiger partial charge in [0.1, 0.15) is 11.8 Å². The van der Waals surface area contributed by atoms with E-state index in [1.165, 1.54) is 7.11 Å². The van der Waals surface area contributed by atoms with E-state index in [1.807, 2.05) is 28.7 Å². The molecule has 1 aromatic rings. The number of carbonyl (C=O) groups is 1. The van der Waals surface area contributed by atoms with Crippen LogP contribution in [0.15, 0.2) is 12.1 Å². The molecule has 0 aliphatic rings. The Morgan fingerprint density at radius 2 is 2.33 bits per heavy atom. The van der Waals surface area contributed by atoms with Crippen LogP contribution in [-0.4, -0.2) is 18.8 Å². The number of Topliss-reactive ketones (excluding diaryl/α,β-unsaturated/α-hetero) is 1. The van der Waals surface area contributed by atoms with Gasteiger partial charge in [0.2, 0.25) is 0 Å². The minimum absolute atomic E-state index is 0.0783. The number of benzene rings is 1. The largest absolute Gasteiger partial charge is 0.495 e. The number of hydrogen-bond acceptors (Lipinski definition) is 3. The number of ether oxygens (including phenoxy) is 1. The summed E-state index contributed by atoms with van der Waals surface area (Å²) in [7, 11) is 1.46. The molecule has 3 nitrogen and oxygen atoms in total. The first-order valence-electron chi connectivity index (χ1n) is 4.00. The lowest BCUT2D eigenvalue weighted by atomic mass is 10.1. The van der Waals surface area contributed by atoms with Crippen molar-refractivity contribution in [1.29, 1.82) is 5.26 Å². The van der Waals surface area contributed by atoms with Crippen LogP contribution < -0.4 is 4.74 Å². The highest BCUT2D eigenvalue weighted by Crippen LogP contribution is 2.24. The summed E-state index contributed by atoms with van der Waals surface area (Å²) in [5.41, 5.74) is 0.898. The van der Waals surface area contributed by atoms with Gasteiger partial charge in [0.05, 0.1) is 18.6 Å². The third-order valence-corrected chi connectivity index (χ3v) is 2.97. The Labute approximate surface area is 106 Å². The van der Waals surface area contributed by atoms with Gasteiger partial charge < -0.3 is 4.74 Å². The Morgan fingerprint density at radius 1 is 1.67 bits per heavy atom. The number of rotatable bonds is 3. The van der Waals surface area contributed by atoms with Crippen molar-refractivity contribution >= 4 is 40.0 Å². The molecule has 0 bridgehead atoms. The highest BCUT2D eigenvalue weighted by molar-refractivity contribution is 14.1. The fourth-order valence-electron chi connectivity index (χ4n) is 1.10. The number of nitrogens with zero attached hydrogens (tertiary/aromatic N) is 1. The highest BCUT2D eigenvalue weighted by atomic mass is 127. The van der Waals surface area contributed by atoms with Gasteiger partial charge in [0, 0.05) is 9.13 Å². The first-order valence-corrected chi connectivity index (χ1v) is 5.62. The van der Waals surface area contributed by atoms with E-state index in [1.54, 1.807) is 12.1 Å². The van der Waals surface area contributed by atoms with Crippen LogP contribution in [0.4, 0.5) is 0 Å². The highest BCUT2D eigenvalue weighted by Gasteiger charge is 2.13. The average Bonchev–Trinajstić information content (AvgIpc) is 2.27. The van der Waals surface area contributed by atoms with Crippen LogP contribution in [0.5, 0.6) is 5.75 Å². The van der Waals surface area contributed by atoms with Gasteiger partial charge in [-0.15, -0.1) is 11.6 Å². The molecule has 0 amide bonds. The van der Waals surface area contributed by atoms with Crippen molar-refractivity contribution in [3.8, 4) is 11.8 Å². The Hall–Kier alpha value is -0.800. The summed E-state index contributed by atoms with van der Waals surface area (Å²) in [5.74, 6) is 0.139. The van der Waals surface area contributed by atoms with Gasteiger partial charge in [-0.3, -0.25) is 4.79 Å². The van der Waals surface area contributed by atoms with Gasteiger partial charge in [-0.05, 0) is 34.7 Å². The number of halogens is 2. The second-order valence-electron chi connectivity index (χ2n) is 2.70. The van der Waals surface area contributed by atoms with E-state index >= 15 is 0 Å². The fraction of sp³-hybridized carbons (Fsp3) is 0.200. The van der Waals surface area contributed by atoms with Gasteiger partial charge in [-0.2, -0.15) is 5.26 Å². The zero-order valence-corrected chi connectivity index (χ0v) is 10.8. The summed E-state index contributed by atoms with van der Waals surface area (Å²) >= 11 is 7.46. The lowest BCUT2D eigenvalue weighted by molar-refractivity contribution is 0.102. The van der Waals surface area contributed by atoms with Gasteiger partial charge in [-0.1, -0.05) is 0 Å². The maximum atomic E-state index is 11.4. The van der Waals surface area contributed by atoms with Gasteiger partial charge in [0.25, 0.3) is 0 Å². The van der Waals surface area contributed by atoms with E-state index in [9.17, 15) is 4.79 Å². The summed E-state index contributed by atoms with van der Waals surface area (Å²) in [4.78, 5) is 11.4. The van der Waals surface area contributed by atoms with Crippen molar-refractivity contribution in [2.75, 3.05) is 13.0 Å². The second-order valence-corrected chi connectivity index (χ2v) is 4.13. The lowest BCUT2D eigenvalue weighted by Crippen LogP contribution is -2.04. The molecule has 5 heteroatoms. The summed E-state index contributed by atoms with van der Waals surface area (Å²) < 4.78 is 5.71. The topological polar surface area (TPSA) is 50.1 Å². The van der Waals surface area contributed by atoms with Crippen molar-refractivity contribution in [1.82, 2.24) is 0 Å². The Kier molecular flexibility index (Phi) is 4.36. The standard InChI is InChI=1S/C10H7ClINO2/c1-15-10-3-7(9(14)4-11)8(12)2-6(10)5-13/h2-3H,4H2,1H3. The molecular weight excluding hydrogens is 328 g/mol. The number of hydrogen-bond donors (Lipinski definition) is 0. The van der Waals surface area contributed by atoms with Crippen LogP contribution >= 0.6 is 34.2 Å². The smallest absolute Gasteiger partial charge is 0.178 e. The number of carbonyl (C=O) groups excluding carboxylic acids is 1. The molecule has 1 rings (SSSR count). The molecule has 0 N–H and O–H groups in total. The third kappa shape index (κ3) is 2.61. The van der Waals surface area contributed by atoms with E-state index < -0.39 is 0 Å². The molecule has 15 heavy (non-hydrogen) atoms. The lowest BCUT2D eigenvalue weighted by Gasteiger charge is -2.07. The minimum Gasteiger partial charge on any atom is -0.495 e. The number of ketones is 1. The normalized spacial score (nSPS) is 9.47. The van der Waals surface area contributed by atoms with Crippen molar-refractivity contribution in [3.05, 3.63) is 26.8 Å². The molecular formula is C10H7ClINO2. The molecule has 0 fully saturated rings. The molecule has 1 aromatic carbocycles. The molecule has 0 heterocycles. The molecule has 0 aromatic heterocycles. The molecule has 0 atom stereocenters. The van der Waals surface area contributed by atoms with E-state index in [0.717, 1.165) is 0 Å². The minimum atomic E-state index is -0.177. The zero-order valence-electron chi connectivity index (χ0n) is 7.88. The monoisotopic (exact) mass is 335 g/mol. The maximum absolute atomic E-state index is 11.4. The molecule has 0 radical (unpaired) electrons. The van der Waals surface area contributed by atoms with Crippen LogP contribution in [0.2, 0.25) is 0 Å². The number of alkyl halides is 1. The summed E-state index contributed by atoms with van der Waals surface area (Å²) in [6.45, 7) is 0. The predicted octanol–water partition coefficient (Wildman–Crippen LogP) is 2.59. The Bertz CT molecular complexity index is 440.